The van der Waals surface area contributed by atoms with E-state index in [0.29, 0.717) is 12.3 Å². The summed E-state index contributed by atoms with van der Waals surface area (Å²) in [4.78, 5) is 17.6. The van der Waals surface area contributed by atoms with E-state index in [1.165, 1.54) is 68.8 Å². The van der Waals surface area contributed by atoms with E-state index in [0.717, 1.165) is 50.5 Å². The highest BCUT2D eigenvalue weighted by Crippen LogP contribution is 2.24. The highest BCUT2D eigenvalue weighted by Gasteiger charge is 2.23. The number of amides is 1. The van der Waals surface area contributed by atoms with E-state index < -0.39 is 0 Å². The number of hydrogen-bond donors (Lipinski definition) is 1. The van der Waals surface area contributed by atoms with Gasteiger partial charge in [-0.2, -0.15) is 0 Å². The number of unbranched alkanes of at least 4 members (excludes halogenated alkanes) is 1. The van der Waals surface area contributed by atoms with Crippen molar-refractivity contribution in [2.45, 2.75) is 64.2 Å². The van der Waals surface area contributed by atoms with Gasteiger partial charge in [0.05, 0.1) is 6.42 Å². The van der Waals surface area contributed by atoms with Crippen LogP contribution in [0.25, 0.3) is 10.8 Å². The lowest BCUT2D eigenvalue weighted by Crippen LogP contribution is -2.41. The van der Waals surface area contributed by atoms with Gasteiger partial charge in [-0.25, -0.2) is 0 Å². The van der Waals surface area contributed by atoms with Crippen LogP contribution in [-0.2, 0) is 11.2 Å². The molecule has 4 rings (SSSR count). The maximum Gasteiger partial charge on any atom is 0.227 e. The molecule has 194 valence electrons. The zero-order chi connectivity index (χ0) is 23.6. The molecule has 0 atom stereocenters. The van der Waals surface area contributed by atoms with E-state index in [9.17, 15) is 4.79 Å². The molecule has 1 aliphatic carbocycles. The van der Waals surface area contributed by atoms with E-state index in [2.05, 4.69) is 64.6 Å². The Morgan fingerprint density at radius 1 is 0.943 bits per heavy atom. The lowest BCUT2D eigenvalue weighted by molar-refractivity contribution is -0.131. The Balaban J connectivity index is 0.00000342. The third-order valence-corrected chi connectivity index (χ3v) is 8.06. The first-order valence-electron chi connectivity index (χ1n) is 13.8. The quantitative estimate of drug-likeness (QED) is 0.389. The van der Waals surface area contributed by atoms with Crippen LogP contribution in [0.1, 0.15) is 63.4 Å². The van der Waals surface area contributed by atoms with Gasteiger partial charge < -0.3 is 15.1 Å². The molecule has 0 bridgehead atoms. The average molecular weight is 500 g/mol. The molecule has 5 heteroatoms. The topological polar surface area (TPSA) is 35.6 Å². The van der Waals surface area contributed by atoms with Crippen molar-refractivity contribution in [2.24, 2.45) is 11.8 Å². The van der Waals surface area contributed by atoms with Gasteiger partial charge in [0.15, 0.2) is 0 Å². The summed E-state index contributed by atoms with van der Waals surface area (Å²) in [5.41, 5.74) is 1.15. The molecule has 0 radical (unpaired) electrons. The maximum atomic E-state index is 12.9. The molecule has 0 unspecified atom stereocenters. The Bertz CT molecular complexity index is 885. The Kier molecular flexibility index (Phi) is 11.8. The zero-order valence-electron chi connectivity index (χ0n) is 21.7. The number of rotatable bonds is 11. The normalized spacial score (nSPS) is 17.6. The highest BCUT2D eigenvalue weighted by atomic mass is 35.5. The molecule has 1 saturated carbocycles. The predicted octanol–water partition coefficient (Wildman–Crippen LogP) is 5.92. The van der Waals surface area contributed by atoms with Crippen LogP contribution in [0.4, 0.5) is 0 Å². The molecule has 1 amide bonds. The summed E-state index contributed by atoms with van der Waals surface area (Å²) in [5.74, 6) is 1.93. The van der Waals surface area contributed by atoms with Crippen LogP contribution in [0, 0.1) is 11.8 Å². The fourth-order valence-electron chi connectivity index (χ4n) is 5.95. The van der Waals surface area contributed by atoms with Gasteiger partial charge in [0.2, 0.25) is 5.91 Å². The van der Waals surface area contributed by atoms with Crippen LogP contribution in [0.2, 0.25) is 0 Å². The van der Waals surface area contributed by atoms with Crippen molar-refractivity contribution in [3.8, 4) is 0 Å². The van der Waals surface area contributed by atoms with Gasteiger partial charge in [-0.05, 0) is 93.4 Å². The molecule has 1 heterocycles. The summed E-state index contributed by atoms with van der Waals surface area (Å²) in [6, 6.07) is 14.7. The minimum absolute atomic E-state index is 0. The van der Waals surface area contributed by atoms with Gasteiger partial charge >= 0.3 is 0 Å². The number of carbonyl (C=O) groups is 1. The molecule has 2 aliphatic rings. The number of hydrogen-bond acceptors (Lipinski definition) is 3. The van der Waals surface area contributed by atoms with Crippen LogP contribution in [-0.4, -0.2) is 62.0 Å². The third kappa shape index (κ3) is 8.77. The molecule has 2 aromatic rings. The molecular weight excluding hydrogens is 454 g/mol. The molecular formula is C30H46ClN3O. The zero-order valence-corrected chi connectivity index (χ0v) is 22.5. The Morgan fingerprint density at radius 3 is 2.49 bits per heavy atom. The molecule has 35 heavy (non-hydrogen) atoms. The molecule has 1 saturated heterocycles. The first-order chi connectivity index (χ1) is 16.7. The van der Waals surface area contributed by atoms with Crippen molar-refractivity contribution < 1.29 is 4.79 Å². The van der Waals surface area contributed by atoms with Gasteiger partial charge in [-0.3, -0.25) is 4.79 Å². The first kappa shape index (κ1) is 28.0. The van der Waals surface area contributed by atoms with Crippen molar-refractivity contribution in [1.29, 1.82) is 0 Å². The van der Waals surface area contributed by atoms with Gasteiger partial charge in [-0.15, -0.1) is 12.4 Å². The molecule has 0 spiro atoms. The second kappa shape index (κ2) is 14.8. The lowest BCUT2D eigenvalue weighted by Gasteiger charge is -2.32. The summed E-state index contributed by atoms with van der Waals surface area (Å²) in [7, 11) is 2.30. The van der Waals surface area contributed by atoms with Gasteiger partial charge in [0.1, 0.15) is 0 Å². The molecule has 0 aromatic heterocycles. The second-order valence-electron chi connectivity index (χ2n) is 10.8. The minimum atomic E-state index is 0. The Morgan fingerprint density at radius 2 is 1.69 bits per heavy atom. The third-order valence-electron chi connectivity index (χ3n) is 8.06. The van der Waals surface area contributed by atoms with Gasteiger partial charge in [0.25, 0.3) is 0 Å². The van der Waals surface area contributed by atoms with Crippen LogP contribution in [0.3, 0.4) is 0 Å². The molecule has 4 nitrogen and oxygen atoms in total. The summed E-state index contributed by atoms with van der Waals surface area (Å²) in [6.45, 7) is 6.56. The fraction of sp³-hybridized carbons (Fsp3) is 0.633. The predicted molar refractivity (Wildman–Crippen MR) is 150 cm³/mol. The van der Waals surface area contributed by atoms with E-state index in [1.807, 2.05) is 0 Å². The van der Waals surface area contributed by atoms with E-state index in [-0.39, 0.29) is 18.3 Å². The molecule has 2 aromatic carbocycles. The number of nitrogens with one attached hydrogen (secondary N) is 1. The van der Waals surface area contributed by atoms with E-state index in [1.54, 1.807) is 0 Å². The van der Waals surface area contributed by atoms with E-state index in [4.69, 9.17) is 0 Å². The van der Waals surface area contributed by atoms with Crippen LogP contribution >= 0.6 is 12.4 Å². The van der Waals surface area contributed by atoms with Crippen LogP contribution < -0.4 is 5.32 Å². The summed E-state index contributed by atoms with van der Waals surface area (Å²) in [6.07, 6.45) is 12.5. The fourth-order valence-corrected chi connectivity index (χ4v) is 5.95. The molecule has 1 aliphatic heterocycles. The SMILES string of the molecule is CN(CCCCNCC1CCN(C(=O)Cc2cccc3ccccc23)CC1)CC1CCCCC1.Cl. The van der Waals surface area contributed by atoms with Gasteiger partial charge in [-0.1, -0.05) is 61.7 Å². The Hall–Kier alpha value is -1.62. The number of fused-ring (bicyclic) bond motifs is 1. The molecule has 1 N–H and O–H groups in total. The number of nitrogens with zero attached hydrogens (tertiary/aromatic N) is 2. The van der Waals surface area contributed by atoms with E-state index >= 15 is 0 Å². The van der Waals surface area contributed by atoms with Crippen molar-refractivity contribution in [3.63, 3.8) is 0 Å². The number of piperidine rings is 1. The lowest BCUT2D eigenvalue weighted by atomic mass is 9.89. The minimum Gasteiger partial charge on any atom is -0.342 e. The standard InChI is InChI=1S/C30H45N3O.ClH/c1-32(24-26-10-3-2-4-11-26)19-8-7-18-31-23-25-16-20-33(21-17-25)30(34)22-28-14-9-13-27-12-5-6-15-29(27)28;/h5-6,9,12-15,25-26,31H,2-4,7-8,10-11,16-24H2,1H3;1H. The van der Waals surface area contributed by atoms with Crippen LogP contribution in [0.5, 0.6) is 0 Å². The number of benzene rings is 2. The summed E-state index contributed by atoms with van der Waals surface area (Å²) >= 11 is 0. The summed E-state index contributed by atoms with van der Waals surface area (Å²) in [5, 5.41) is 6.11. The molecule has 2 fully saturated rings. The first-order valence-corrected chi connectivity index (χ1v) is 13.8. The van der Waals surface area contributed by atoms with Crippen molar-refractivity contribution >= 4 is 29.1 Å². The number of halogens is 1. The maximum absolute atomic E-state index is 12.9. The summed E-state index contributed by atoms with van der Waals surface area (Å²) < 4.78 is 0. The van der Waals surface area contributed by atoms with Crippen molar-refractivity contribution in [3.05, 3.63) is 48.0 Å². The largest absolute Gasteiger partial charge is 0.342 e. The van der Waals surface area contributed by atoms with Crippen molar-refractivity contribution in [1.82, 2.24) is 15.1 Å². The second-order valence-corrected chi connectivity index (χ2v) is 10.8. The highest BCUT2D eigenvalue weighted by molar-refractivity contribution is 5.90. The Labute approximate surface area is 219 Å². The smallest absolute Gasteiger partial charge is 0.227 e. The number of likely N-dealkylation sites (tertiary alicyclic amines) is 1. The van der Waals surface area contributed by atoms with Crippen molar-refractivity contribution in [2.75, 3.05) is 46.3 Å². The monoisotopic (exact) mass is 499 g/mol. The average Bonchev–Trinajstić information content (AvgIpc) is 2.87. The van der Waals surface area contributed by atoms with Gasteiger partial charge in [0, 0.05) is 19.6 Å². The van der Waals surface area contributed by atoms with Crippen LogP contribution in [0.15, 0.2) is 42.5 Å². The number of carbonyl (C=O) groups excluding carboxylic acids is 1.